The zero-order valence-corrected chi connectivity index (χ0v) is 15.6. The molecule has 2 aliphatic rings. The van der Waals surface area contributed by atoms with Gasteiger partial charge in [-0.25, -0.2) is 9.97 Å². The second-order valence-corrected chi connectivity index (χ2v) is 7.65. The van der Waals surface area contributed by atoms with Gasteiger partial charge in [0.25, 0.3) is 0 Å². The molecule has 2 fully saturated rings. The fourth-order valence-electron chi connectivity index (χ4n) is 4.25. The second kappa shape index (κ2) is 5.77. The molecule has 5 heterocycles. The van der Waals surface area contributed by atoms with Gasteiger partial charge in [-0.2, -0.15) is 10.2 Å². The van der Waals surface area contributed by atoms with Crippen molar-refractivity contribution in [1.29, 1.82) is 0 Å². The second-order valence-electron chi connectivity index (χ2n) is 7.65. The highest BCUT2D eigenvalue weighted by molar-refractivity contribution is 5.91. The fraction of sp³-hybridized carbons (Fsp3) is 0.500. The highest BCUT2D eigenvalue weighted by Crippen LogP contribution is 2.35. The summed E-state index contributed by atoms with van der Waals surface area (Å²) in [5.74, 6) is 0.792. The first-order chi connectivity index (χ1) is 13.0. The van der Waals surface area contributed by atoms with E-state index in [2.05, 4.69) is 39.0 Å². The van der Waals surface area contributed by atoms with Crippen molar-refractivity contribution >= 4 is 22.9 Å². The molecule has 5 rings (SSSR count). The van der Waals surface area contributed by atoms with Gasteiger partial charge in [0.15, 0.2) is 0 Å². The minimum atomic E-state index is -0.169. The van der Waals surface area contributed by atoms with Crippen LogP contribution >= 0.6 is 0 Å². The molecule has 3 aromatic rings. The quantitative estimate of drug-likeness (QED) is 0.752. The number of fused-ring (bicyclic) bond motifs is 3. The third-order valence-electron chi connectivity index (χ3n) is 5.60. The van der Waals surface area contributed by atoms with E-state index in [0.717, 1.165) is 41.7 Å². The van der Waals surface area contributed by atoms with Crippen molar-refractivity contribution in [1.82, 2.24) is 34.8 Å². The van der Waals surface area contributed by atoms with Crippen LogP contribution in [0.4, 0.5) is 5.95 Å². The van der Waals surface area contributed by atoms with Gasteiger partial charge in [-0.05, 0) is 26.7 Å². The van der Waals surface area contributed by atoms with Crippen LogP contribution in [0.5, 0.6) is 0 Å². The van der Waals surface area contributed by atoms with Crippen LogP contribution in [-0.4, -0.2) is 65.4 Å². The number of anilines is 1. The van der Waals surface area contributed by atoms with Crippen molar-refractivity contribution in [2.75, 3.05) is 11.4 Å². The molecule has 2 unspecified atom stereocenters. The SMILES string of the molecule is CC(C)N1CC2CCC(C1=O)N2c1ncc2[nH]nc(-c3cnn(C)c3)c2n1. The summed E-state index contributed by atoms with van der Waals surface area (Å²) in [7, 11) is 1.87. The Morgan fingerprint density at radius 2 is 2.11 bits per heavy atom. The monoisotopic (exact) mass is 366 g/mol. The Labute approximate surface area is 156 Å². The van der Waals surface area contributed by atoms with Crippen LogP contribution in [0, 0.1) is 0 Å². The van der Waals surface area contributed by atoms with Crippen LogP contribution < -0.4 is 4.90 Å². The van der Waals surface area contributed by atoms with Crippen LogP contribution in [0.25, 0.3) is 22.3 Å². The van der Waals surface area contributed by atoms with Crippen molar-refractivity contribution in [2.24, 2.45) is 7.05 Å². The van der Waals surface area contributed by atoms with Gasteiger partial charge in [0.05, 0.1) is 18.4 Å². The van der Waals surface area contributed by atoms with Gasteiger partial charge in [0.2, 0.25) is 11.9 Å². The van der Waals surface area contributed by atoms with E-state index in [1.807, 2.05) is 18.1 Å². The summed E-state index contributed by atoms with van der Waals surface area (Å²) in [4.78, 5) is 26.3. The molecule has 0 radical (unpaired) electrons. The maximum absolute atomic E-state index is 12.9. The number of nitrogens with zero attached hydrogens (tertiary/aromatic N) is 7. The summed E-state index contributed by atoms with van der Waals surface area (Å²) in [6, 6.07) is 0.316. The number of hydrogen-bond donors (Lipinski definition) is 1. The third kappa shape index (κ3) is 2.41. The number of aryl methyl sites for hydroxylation is 1. The van der Waals surface area contributed by atoms with Gasteiger partial charge in [-0.1, -0.05) is 0 Å². The highest BCUT2D eigenvalue weighted by Gasteiger charge is 2.47. The lowest BCUT2D eigenvalue weighted by Crippen LogP contribution is -2.59. The van der Waals surface area contributed by atoms with E-state index in [9.17, 15) is 4.79 Å². The number of rotatable bonds is 3. The highest BCUT2D eigenvalue weighted by atomic mass is 16.2. The molecule has 2 saturated heterocycles. The molecule has 2 atom stereocenters. The summed E-state index contributed by atoms with van der Waals surface area (Å²) >= 11 is 0. The molecule has 27 heavy (non-hydrogen) atoms. The Morgan fingerprint density at radius 1 is 1.26 bits per heavy atom. The first kappa shape index (κ1) is 16.2. The lowest BCUT2D eigenvalue weighted by atomic mass is 10.1. The lowest BCUT2D eigenvalue weighted by molar-refractivity contribution is -0.135. The van der Waals surface area contributed by atoms with Gasteiger partial charge < -0.3 is 9.80 Å². The summed E-state index contributed by atoms with van der Waals surface area (Å²) < 4.78 is 1.74. The van der Waals surface area contributed by atoms with E-state index in [1.165, 1.54) is 0 Å². The standard InChI is InChI=1S/C18H22N8O/c1-10(2)25-9-12-4-5-14(17(25)27)26(12)18-19-7-13-16(21-18)15(23-22-13)11-6-20-24(3)8-11/h6-8,10,12,14H,4-5,9H2,1-3H3,(H,22,23). The number of aromatic nitrogens is 6. The van der Waals surface area contributed by atoms with Crippen LogP contribution in [0.15, 0.2) is 18.6 Å². The number of aromatic amines is 1. The number of nitrogens with one attached hydrogen (secondary N) is 1. The molecule has 1 N–H and O–H groups in total. The molecule has 0 aliphatic carbocycles. The number of carbonyl (C=O) groups is 1. The topological polar surface area (TPSA) is 95.8 Å². The Kier molecular flexibility index (Phi) is 3.46. The van der Waals surface area contributed by atoms with Crippen LogP contribution in [0.2, 0.25) is 0 Å². The van der Waals surface area contributed by atoms with Gasteiger partial charge in [0.1, 0.15) is 22.8 Å². The number of piperazine rings is 1. The molecule has 2 aliphatic heterocycles. The van der Waals surface area contributed by atoms with E-state index in [4.69, 9.17) is 4.98 Å². The molecule has 9 heteroatoms. The van der Waals surface area contributed by atoms with Crippen molar-refractivity contribution in [3.05, 3.63) is 18.6 Å². The number of hydrogen-bond acceptors (Lipinski definition) is 6. The minimum absolute atomic E-state index is 0.169. The van der Waals surface area contributed by atoms with E-state index < -0.39 is 0 Å². The van der Waals surface area contributed by atoms with Crippen molar-refractivity contribution < 1.29 is 4.79 Å². The minimum Gasteiger partial charge on any atom is -0.336 e. The molecular formula is C18H22N8O. The molecule has 2 bridgehead atoms. The molecule has 140 valence electrons. The Bertz CT molecular complexity index is 1020. The van der Waals surface area contributed by atoms with Crippen LogP contribution in [-0.2, 0) is 11.8 Å². The van der Waals surface area contributed by atoms with E-state index in [1.54, 1.807) is 17.1 Å². The number of H-pyrrole nitrogens is 1. The van der Waals surface area contributed by atoms with Gasteiger partial charge in [-0.3, -0.25) is 14.6 Å². The third-order valence-corrected chi connectivity index (χ3v) is 5.60. The summed E-state index contributed by atoms with van der Waals surface area (Å²) in [6.45, 7) is 4.87. The van der Waals surface area contributed by atoms with Crippen molar-refractivity contribution in [2.45, 2.75) is 44.8 Å². The summed E-state index contributed by atoms with van der Waals surface area (Å²) in [5.41, 5.74) is 3.18. The van der Waals surface area contributed by atoms with Crippen LogP contribution in [0.3, 0.4) is 0 Å². The first-order valence-corrected chi connectivity index (χ1v) is 9.32. The summed E-state index contributed by atoms with van der Waals surface area (Å²) in [5, 5.41) is 11.6. The lowest BCUT2D eigenvalue weighted by Gasteiger charge is -2.42. The maximum Gasteiger partial charge on any atom is 0.245 e. The van der Waals surface area contributed by atoms with Gasteiger partial charge in [-0.15, -0.1) is 0 Å². The smallest absolute Gasteiger partial charge is 0.245 e. The first-order valence-electron chi connectivity index (χ1n) is 9.32. The molecule has 0 aromatic carbocycles. The normalized spacial score (nSPS) is 22.4. The number of carbonyl (C=O) groups excluding carboxylic acids is 1. The molecular weight excluding hydrogens is 344 g/mol. The molecule has 1 amide bonds. The Hall–Kier alpha value is -2.97. The van der Waals surface area contributed by atoms with Crippen LogP contribution in [0.1, 0.15) is 26.7 Å². The number of amides is 1. The number of likely N-dealkylation sites (tertiary alicyclic amines) is 1. The molecule has 9 nitrogen and oxygen atoms in total. The van der Waals surface area contributed by atoms with E-state index in [0.29, 0.717) is 5.95 Å². The molecule has 0 saturated carbocycles. The predicted octanol–water partition coefficient (Wildman–Crippen LogP) is 1.34. The average molecular weight is 366 g/mol. The predicted molar refractivity (Wildman–Crippen MR) is 100 cm³/mol. The van der Waals surface area contributed by atoms with Crippen molar-refractivity contribution in [3.63, 3.8) is 0 Å². The van der Waals surface area contributed by atoms with Gasteiger partial charge >= 0.3 is 0 Å². The van der Waals surface area contributed by atoms with E-state index in [-0.39, 0.29) is 24.0 Å². The maximum atomic E-state index is 12.9. The Morgan fingerprint density at radius 3 is 2.85 bits per heavy atom. The molecule has 3 aromatic heterocycles. The van der Waals surface area contributed by atoms with Crippen molar-refractivity contribution in [3.8, 4) is 11.3 Å². The summed E-state index contributed by atoms with van der Waals surface area (Å²) in [6.07, 6.45) is 7.28. The van der Waals surface area contributed by atoms with E-state index >= 15 is 0 Å². The zero-order chi connectivity index (χ0) is 18.7. The Balaban J connectivity index is 1.55. The largest absolute Gasteiger partial charge is 0.336 e. The zero-order valence-electron chi connectivity index (χ0n) is 15.6. The van der Waals surface area contributed by atoms with Gasteiger partial charge in [0, 0.05) is 31.4 Å². The fourth-order valence-corrected chi connectivity index (χ4v) is 4.25. The average Bonchev–Trinajstić information content (AvgIpc) is 3.33. The molecule has 0 spiro atoms.